The summed E-state index contributed by atoms with van der Waals surface area (Å²) in [4.78, 5) is 17.3. The van der Waals surface area contributed by atoms with E-state index in [1.54, 1.807) is 11.3 Å². The summed E-state index contributed by atoms with van der Waals surface area (Å²) in [6, 6.07) is 12.7. The van der Waals surface area contributed by atoms with Crippen LogP contribution in [0.15, 0.2) is 41.8 Å². The van der Waals surface area contributed by atoms with Crippen molar-refractivity contribution in [2.75, 3.05) is 6.54 Å². The van der Waals surface area contributed by atoms with Crippen molar-refractivity contribution in [3.8, 4) is 11.3 Å². The molecule has 1 N–H and O–H groups in total. The first-order chi connectivity index (χ1) is 13.5. The van der Waals surface area contributed by atoms with Crippen LogP contribution in [0.25, 0.3) is 11.3 Å². The maximum absolute atomic E-state index is 12.7. The molecule has 0 bridgehead atoms. The average Bonchev–Trinajstić information content (AvgIpc) is 3.20. The fraction of sp³-hybridized carbons (Fsp3) is 0.391. The highest BCUT2D eigenvalue weighted by Gasteiger charge is 2.38. The van der Waals surface area contributed by atoms with Gasteiger partial charge in [-0.2, -0.15) is 0 Å². The second-order valence-electron chi connectivity index (χ2n) is 7.90. The molecule has 3 aromatic rings. The molecular formula is C23H27N3OS. The van der Waals surface area contributed by atoms with Crippen LogP contribution in [0.1, 0.15) is 41.2 Å². The molecule has 1 aliphatic rings. The van der Waals surface area contributed by atoms with E-state index in [1.807, 2.05) is 13.0 Å². The van der Waals surface area contributed by atoms with Gasteiger partial charge in [-0.25, -0.2) is 4.98 Å². The number of hydrogen-bond acceptors (Lipinski definition) is 3. The van der Waals surface area contributed by atoms with Crippen molar-refractivity contribution >= 4 is 17.2 Å². The third-order valence-electron chi connectivity index (χ3n) is 6.09. The predicted octanol–water partition coefficient (Wildman–Crippen LogP) is 4.77. The van der Waals surface area contributed by atoms with E-state index in [1.165, 1.54) is 12.0 Å². The van der Waals surface area contributed by atoms with Crippen LogP contribution in [0.5, 0.6) is 0 Å². The number of aromatic nitrogens is 2. The van der Waals surface area contributed by atoms with Crippen LogP contribution in [-0.2, 0) is 16.8 Å². The predicted molar refractivity (Wildman–Crippen MR) is 115 cm³/mol. The smallest absolute Gasteiger partial charge is 0.239 e. The van der Waals surface area contributed by atoms with Crippen molar-refractivity contribution in [2.45, 2.75) is 52.0 Å². The van der Waals surface area contributed by atoms with Crippen LogP contribution in [0.4, 0.5) is 0 Å². The molecule has 1 aliphatic carbocycles. The lowest BCUT2D eigenvalue weighted by Crippen LogP contribution is -2.46. The molecule has 5 heteroatoms. The number of hydrogen-bond donors (Lipinski definition) is 1. The first kappa shape index (κ1) is 18.9. The Labute approximate surface area is 170 Å². The highest BCUT2D eigenvalue weighted by molar-refractivity contribution is 7.09. The van der Waals surface area contributed by atoms with Gasteiger partial charge in [0, 0.05) is 34.3 Å². The van der Waals surface area contributed by atoms with Gasteiger partial charge in [0.05, 0.1) is 10.7 Å². The zero-order valence-electron chi connectivity index (χ0n) is 16.8. The molecule has 4 nitrogen and oxygen atoms in total. The van der Waals surface area contributed by atoms with E-state index < -0.39 is 0 Å². The van der Waals surface area contributed by atoms with Gasteiger partial charge >= 0.3 is 0 Å². The molecule has 0 aliphatic heterocycles. The SMILES string of the molecule is Cc1nc(-c2cc(C)n(CC(=O)NCC3(c4ccccc4)CCC3)c2C)cs1. The van der Waals surface area contributed by atoms with Gasteiger partial charge in [0.1, 0.15) is 6.54 Å². The Bertz CT molecular complexity index is 983. The molecule has 1 aromatic carbocycles. The number of carbonyl (C=O) groups is 1. The van der Waals surface area contributed by atoms with Crippen molar-refractivity contribution in [3.05, 3.63) is 63.7 Å². The number of benzene rings is 1. The number of nitrogens with zero attached hydrogens (tertiary/aromatic N) is 2. The summed E-state index contributed by atoms with van der Waals surface area (Å²) in [5.41, 5.74) is 5.76. The molecular weight excluding hydrogens is 366 g/mol. The van der Waals surface area contributed by atoms with E-state index >= 15 is 0 Å². The fourth-order valence-electron chi connectivity index (χ4n) is 4.22. The number of aryl methyl sites for hydroxylation is 2. The molecule has 2 heterocycles. The minimum atomic E-state index is 0.0741. The Hall–Kier alpha value is -2.40. The van der Waals surface area contributed by atoms with E-state index in [0.29, 0.717) is 13.1 Å². The molecule has 0 atom stereocenters. The summed E-state index contributed by atoms with van der Waals surface area (Å²) in [5, 5.41) is 6.35. The number of carbonyl (C=O) groups excluding carboxylic acids is 1. The molecule has 0 spiro atoms. The number of amides is 1. The standard InChI is InChI=1S/C23H27N3OS/c1-16-12-20(21-14-28-18(3)25-21)17(2)26(16)13-22(27)24-15-23(10-7-11-23)19-8-5-4-6-9-19/h4-6,8-9,12,14H,7,10-11,13,15H2,1-3H3,(H,24,27). The minimum absolute atomic E-state index is 0.0741. The lowest BCUT2D eigenvalue weighted by atomic mass is 9.64. The summed E-state index contributed by atoms with van der Waals surface area (Å²) in [7, 11) is 0. The van der Waals surface area contributed by atoms with Gasteiger partial charge in [-0.1, -0.05) is 36.8 Å². The summed E-state index contributed by atoms with van der Waals surface area (Å²) in [5.74, 6) is 0.0741. The largest absolute Gasteiger partial charge is 0.354 e. The summed E-state index contributed by atoms with van der Waals surface area (Å²) in [6.07, 6.45) is 3.52. The van der Waals surface area contributed by atoms with E-state index in [4.69, 9.17) is 0 Å². The maximum atomic E-state index is 12.7. The molecule has 0 unspecified atom stereocenters. The Morgan fingerprint density at radius 1 is 1.21 bits per heavy atom. The highest BCUT2D eigenvalue weighted by Crippen LogP contribution is 2.43. The van der Waals surface area contributed by atoms with E-state index in [2.05, 4.69) is 64.4 Å². The second-order valence-corrected chi connectivity index (χ2v) is 8.96. The van der Waals surface area contributed by atoms with Crippen LogP contribution in [-0.4, -0.2) is 22.0 Å². The molecule has 0 radical (unpaired) electrons. The van der Waals surface area contributed by atoms with Gasteiger partial charge in [0.15, 0.2) is 0 Å². The Morgan fingerprint density at radius 2 is 1.96 bits per heavy atom. The molecule has 1 amide bonds. The minimum Gasteiger partial charge on any atom is -0.354 e. The normalized spacial score (nSPS) is 15.2. The van der Waals surface area contributed by atoms with Crippen LogP contribution in [0.2, 0.25) is 0 Å². The Kier molecular flexibility index (Phi) is 5.11. The average molecular weight is 394 g/mol. The van der Waals surface area contributed by atoms with Gasteiger partial charge < -0.3 is 9.88 Å². The zero-order chi connectivity index (χ0) is 19.7. The number of thiazole rings is 1. The van der Waals surface area contributed by atoms with Gasteiger partial charge in [-0.05, 0) is 45.2 Å². The third kappa shape index (κ3) is 3.51. The molecule has 146 valence electrons. The molecule has 2 aromatic heterocycles. The van der Waals surface area contributed by atoms with E-state index in [9.17, 15) is 4.79 Å². The topological polar surface area (TPSA) is 46.9 Å². The molecule has 4 rings (SSSR count). The second kappa shape index (κ2) is 7.55. The van der Waals surface area contributed by atoms with E-state index in [0.717, 1.165) is 40.5 Å². The van der Waals surface area contributed by atoms with Gasteiger partial charge in [0.2, 0.25) is 5.91 Å². The summed E-state index contributed by atoms with van der Waals surface area (Å²) < 4.78 is 2.09. The van der Waals surface area contributed by atoms with Gasteiger partial charge in [0.25, 0.3) is 0 Å². The van der Waals surface area contributed by atoms with Crippen molar-refractivity contribution in [1.82, 2.24) is 14.9 Å². The van der Waals surface area contributed by atoms with E-state index in [-0.39, 0.29) is 11.3 Å². The van der Waals surface area contributed by atoms with Crippen molar-refractivity contribution in [2.24, 2.45) is 0 Å². The fourth-order valence-corrected chi connectivity index (χ4v) is 4.83. The first-order valence-corrected chi connectivity index (χ1v) is 10.8. The quantitative estimate of drug-likeness (QED) is 0.655. The van der Waals surface area contributed by atoms with Crippen molar-refractivity contribution < 1.29 is 4.79 Å². The summed E-state index contributed by atoms with van der Waals surface area (Å²) >= 11 is 1.65. The van der Waals surface area contributed by atoms with Gasteiger partial charge in [-0.3, -0.25) is 4.79 Å². The lowest BCUT2D eigenvalue weighted by Gasteiger charge is -2.42. The molecule has 1 fully saturated rings. The highest BCUT2D eigenvalue weighted by atomic mass is 32.1. The summed E-state index contributed by atoms with van der Waals surface area (Å²) in [6.45, 7) is 7.21. The van der Waals surface area contributed by atoms with Crippen LogP contribution < -0.4 is 5.32 Å². The zero-order valence-corrected chi connectivity index (χ0v) is 17.6. The van der Waals surface area contributed by atoms with Crippen LogP contribution >= 0.6 is 11.3 Å². The molecule has 1 saturated carbocycles. The molecule has 28 heavy (non-hydrogen) atoms. The van der Waals surface area contributed by atoms with Crippen LogP contribution in [0, 0.1) is 20.8 Å². The lowest BCUT2D eigenvalue weighted by molar-refractivity contribution is -0.122. The van der Waals surface area contributed by atoms with Crippen molar-refractivity contribution in [1.29, 1.82) is 0 Å². The number of rotatable bonds is 6. The monoisotopic (exact) mass is 393 g/mol. The Morgan fingerprint density at radius 3 is 2.57 bits per heavy atom. The number of nitrogens with one attached hydrogen (secondary N) is 1. The van der Waals surface area contributed by atoms with Crippen LogP contribution in [0.3, 0.4) is 0 Å². The Balaban J connectivity index is 1.45. The third-order valence-corrected chi connectivity index (χ3v) is 6.86. The first-order valence-electron chi connectivity index (χ1n) is 9.90. The van der Waals surface area contributed by atoms with Gasteiger partial charge in [-0.15, -0.1) is 11.3 Å². The maximum Gasteiger partial charge on any atom is 0.239 e. The van der Waals surface area contributed by atoms with Crippen molar-refractivity contribution in [3.63, 3.8) is 0 Å². The molecule has 0 saturated heterocycles.